The quantitative estimate of drug-likeness (QED) is 0.337. The van der Waals surface area contributed by atoms with Crippen LogP contribution >= 0.6 is 0 Å². The highest BCUT2D eigenvalue weighted by Crippen LogP contribution is 2.17. The minimum absolute atomic E-state index is 0.0664. The van der Waals surface area contributed by atoms with Crippen molar-refractivity contribution in [2.45, 2.75) is 33.4 Å². The van der Waals surface area contributed by atoms with Crippen molar-refractivity contribution in [2.24, 2.45) is 0 Å². The molecule has 3 aromatic rings. The van der Waals surface area contributed by atoms with Gasteiger partial charge in [-0.15, -0.1) is 0 Å². The first kappa shape index (κ1) is 24.5. The van der Waals surface area contributed by atoms with Gasteiger partial charge in [0.2, 0.25) is 5.91 Å². The maximum atomic E-state index is 13.3. The lowest BCUT2D eigenvalue weighted by molar-refractivity contribution is -0.384. The maximum absolute atomic E-state index is 13.3. The first-order chi connectivity index (χ1) is 16.4. The lowest BCUT2D eigenvalue weighted by Gasteiger charge is -2.27. The van der Waals surface area contributed by atoms with Gasteiger partial charge in [0.1, 0.15) is 18.1 Å². The van der Waals surface area contributed by atoms with Crippen LogP contribution < -0.4 is 5.32 Å². The molecule has 0 spiro atoms. The van der Waals surface area contributed by atoms with Crippen LogP contribution in [0, 0.1) is 17.0 Å². The fraction of sp³-hybridized carbons (Fsp3) is 0.280. The number of carbonyl (C=O) groups is 2. The van der Waals surface area contributed by atoms with Crippen LogP contribution in [0.15, 0.2) is 71.1 Å². The molecule has 9 nitrogen and oxygen atoms in total. The highest BCUT2D eigenvalue weighted by Gasteiger charge is 2.22. The third-order valence-corrected chi connectivity index (χ3v) is 5.15. The Balaban J connectivity index is 1.72. The van der Waals surface area contributed by atoms with E-state index in [2.05, 4.69) is 5.32 Å². The van der Waals surface area contributed by atoms with E-state index in [1.807, 2.05) is 56.3 Å². The summed E-state index contributed by atoms with van der Waals surface area (Å²) in [5.74, 6) is 1.21. The van der Waals surface area contributed by atoms with Crippen LogP contribution in [0.25, 0.3) is 0 Å². The van der Waals surface area contributed by atoms with Crippen LogP contribution in [0.5, 0.6) is 0 Å². The number of anilines is 1. The van der Waals surface area contributed by atoms with Crippen LogP contribution in [0.4, 0.5) is 16.2 Å². The number of non-ortho nitro benzene ring substituents is 1. The summed E-state index contributed by atoms with van der Waals surface area (Å²) < 4.78 is 5.67. The number of aryl methyl sites for hydroxylation is 1. The smallest absolute Gasteiger partial charge is 0.322 e. The van der Waals surface area contributed by atoms with E-state index in [4.69, 9.17) is 4.42 Å². The van der Waals surface area contributed by atoms with Crippen molar-refractivity contribution in [1.82, 2.24) is 9.80 Å². The van der Waals surface area contributed by atoms with E-state index >= 15 is 0 Å². The van der Waals surface area contributed by atoms with E-state index in [0.29, 0.717) is 31.0 Å². The second kappa shape index (κ2) is 11.6. The number of rotatable bonds is 10. The van der Waals surface area contributed by atoms with Crippen molar-refractivity contribution in [3.05, 3.63) is 93.9 Å². The molecule has 0 atom stereocenters. The standard InChI is InChI=1S/C25H28N4O5/c1-3-15-27(25(31)26-21-10-12-22(13-11-21)29(32)33)18-24(30)28(16-20-7-5-4-6-8-20)17-23-14-9-19(2)34-23/h4-14H,3,15-18H2,1-2H3,(H,26,31). The maximum Gasteiger partial charge on any atom is 0.322 e. The van der Waals surface area contributed by atoms with Gasteiger partial charge in [0, 0.05) is 30.9 Å². The highest BCUT2D eigenvalue weighted by molar-refractivity contribution is 5.92. The summed E-state index contributed by atoms with van der Waals surface area (Å²) in [5, 5.41) is 13.6. The summed E-state index contributed by atoms with van der Waals surface area (Å²) in [6.07, 6.45) is 0.664. The first-order valence-electron chi connectivity index (χ1n) is 11.0. The van der Waals surface area contributed by atoms with Crippen molar-refractivity contribution in [1.29, 1.82) is 0 Å². The molecule has 0 bridgehead atoms. The Labute approximate surface area is 198 Å². The average molecular weight is 465 g/mol. The zero-order chi connectivity index (χ0) is 24.5. The van der Waals surface area contributed by atoms with Gasteiger partial charge >= 0.3 is 6.03 Å². The molecule has 0 aliphatic carbocycles. The third kappa shape index (κ3) is 6.93. The molecule has 1 heterocycles. The van der Waals surface area contributed by atoms with Gasteiger partial charge in [-0.1, -0.05) is 37.3 Å². The Morgan fingerprint density at radius 1 is 0.971 bits per heavy atom. The molecule has 34 heavy (non-hydrogen) atoms. The van der Waals surface area contributed by atoms with Crippen LogP contribution in [0.3, 0.4) is 0 Å². The Bertz CT molecular complexity index is 1110. The minimum Gasteiger partial charge on any atom is -0.464 e. The molecule has 0 aliphatic heterocycles. The molecular formula is C25H28N4O5. The molecular weight excluding hydrogens is 436 g/mol. The van der Waals surface area contributed by atoms with Crippen molar-refractivity contribution < 1.29 is 18.9 Å². The molecule has 9 heteroatoms. The molecule has 3 rings (SSSR count). The van der Waals surface area contributed by atoms with E-state index in [1.54, 1.807) is 4.90 Å². The zero-order valence-corrected chi connectivity index (χ0v) is 19.3. The predicted molar refractivity (Wildman–Crippen MR) is 128 cm³/mol. The number of hydrogen-bond acceptors (Lipinski definition) is 5. The Hall–Kier alpha value is -4.14. The number of nitrogens with one attached hydrogen (secondary N) is 1. The molecule has 1 aromatic heterocycles. The van der Waals surface area contributed by atoms with Gasteiger partial charge in [-0.3, -0.25) is 14.9 Å². The molecule has 178 valence electrons. The topological polar surface area (TPSA) is 109 Å². The number of nitrogens with zero attached hydrogens (tertiary/aromatic N) is 3. The van der Waals surface area contributed by atoms with E-state index in [9.17, 15) is 19.7 Å². The van der Waals surface area contributed by atoms with Crippen molar-refractivity contribution in [2.75, 3.05) is 18.4 Å². The normalized spacial score (nSPS) is 10.5. The van der Waals surface area contributed by atoms with Gasteiger partial charge < -0.3 is 19.5 Å². The average Bonchev–Trinajstić information content (AvgIpc) is 3.23. The Morgan fingerprint density at radius 3 is 2.26 bits per heavy atom. The van der Waals surface area contributed by atoms with Crippen LogP contribution in [0.1, 0.15) is 30.4 Å². The fourth-order valence-corrected chi connectivity index (χ4v) is 3.45. The molecule has 0 unspecified atom stereocenters. The lowest BCUT2D eigenvalue weighted by Crippen LogP contribution is -2.44. The molecule has 0 fully saturated rings. The number of benzene rings is 2. The predicted octanol–water partition coefficient (Wildman–Crippen LogP) is 4.97. The number of hydrogen-bond donors (Lipinski definition) is 1. The second-order valence-corrected chi connectivity index (χ2v) is 7.90. The SMILES string of the molecule is CCCN(CC(=O)N(Cc1ccccc1)Cc1ccc(C)o1)C(=O)Nc1ccc([N+](=O)[O-])cc1. The molecule has 3 amide bonds. The van der Waals surface area contributed by atoms with Crippen molar-refractivity contribution in [3.8, 4) is 0 Å². The van der Waals surface area contributed by atoms with Gasteiger partial charge in [0.15, 0.2) is 0 Å². The lowest BCUT2D eigenvalue weighted by atomic mass is 10.2. The Kier molecular flexibility index (Phi) is 8.39. The van der Waals surface area contributed by atoms with Crippen LogP contribution in [0.2, 0.25) is 0 Å². The zero-order valence-electron chi connectivity index (χ0n) is 19.3. The number of furan rings is 1. The van der Waals surface area contributed by atoms with E-state index < -0.39 is 11.0 Å². The first-order valence-corrected chi connectivity index (χ1v) is 11.0. The molecule has 0 saturated carbocycles. The molecule has 1 N–H and O–H groups in total. The van der Waals surface area contributed by atoms with Crippen molar-refractivity contribution in [3.63, 3.8) is 0 Å². The van der Waals surface area contributed by atoms with E-state index in [0.717, 1.165) is 11.3 Å². The largest absolute Gasteiger partial charge is 0.464 e. The second-order valence-electron chi connectivity index (χ2n) is 7.90. The fourth-order valence-electron chi connectivity index (χ4n) is 3.45. The van der Waals surface area contributed by atoms with Crippen LogP contribution in [-0.2, 0) is 17.9 Å². The van der Waals surface area contributed by atoms with Gasteiger partial charge in [0.05, 0.1) is 11.5 Å². The summed E-state index contributed by atoms with van der Waals surface area (Å²) in [7, 11) is 0. The summed E-state index contributed by atoms with van der Waals surface area (Å²) in [6.45, 7) is 4.69. The molecule has 0 saturated heterocycles. The van der Waals surface area contributed by atoms with Gasteiger partial charge in [-0.2, -0.15) is 0 Å². The summed E-state index contributed by atoms with van der Waals surface area (Å²) >= 11 is 0. The van der Waals surface area contributed by atoms with Gasteiger partial charge in [0.25, 0.3) is 5.69 Å². The number of amides is 3. The Morgan fingerprint density at radius 2 is 1.68 bits per heavy atom. The number of carbonyl (C=O) groups excluding carboxylic acids is 2. The number of nitro groups is 1. The summed E-state index contributed by atoms with van der Waals surface area (Å²) in [5.41, 5.74) is 1.32. The summed E-state index contributed by atoms with van der Waals surface area (Å²) in [6, 6.07) is 18.4. The number of nitro benzene ring substituents is 1. The van der Waals surface area contributed by atoms with Gasteiger partial charge in [-0.25, -0.2) is 4.79 Å². The van der Waals surface area contributed by atoms with Gasteiger partial charge in [-0.05, 0) is 43.2 Å². The van der Waals surface area contributed by atoms with E-state index in [1.165, 1.54) is 29.2 Å². The van der Waals surface area contributed by atoms with E-state index in [-0.39, 0.29) is 24.7 Å². The number of urea groups is 1. The minimum atomic E-state index is -0.504. The molecule has 0 radical (unpaired) electrons. The monoisotopic (exact) mass is 464 g/mol. The molecule has 0 aliphatic rings. The third-order valence-electron chi connectivity index (χ3n) is 5.15. The molecule has 2 aromatic carbocycles. The van der Waals surface area contributed by atoms with Crippen molar-refractivity contribution >= 4 is 23.3 Å². The highest BCUT2D eigenvalue weighted by atomic mass is 16.6. The summed E-state index contributed by atoms with van der Waals surface area (Å²) in [4.78, 5) is 39.6. The van der Waals surface area contributed by atoms with Crippen LogP contribution in [-0.4, -0.2) is 39.8 Å².